The second-order valence-corrected chi connectivity index (χ2v) is 5.22. The molecule has 0 aliphatic carbocycles. The number of amides is 1. The van der Waals surface area contributed by atoms with E-state index >= 15 is 0 Å². The summed E-state index contributed by atoms with van der Waals surface area (Å²) in [5, 5.41) is 6.16. The molecule has 2 N–H and O–H groups in total. The number of ether oxygens (including phenoxy) is 1. The second kappa shape index (κ2) is 8.90. The van der Waals surface area contributed by atoms with Gasteiger partial charge >= 0.3 is 6.61 Å². The summed E-state index contributed by atoms with van der Waals surface area (Å²) in [5.41, 5.74) is 0.855. The predicted octanol–water partition coefficient (Wildman–Crippen LogP) is 2.89. The van der Waals surface area contributed by atoms with Gasteiger partial charge < -0.3 is 15.4 Å². The Balaban J connectivity index is 0.00000242. The Labute approximate surface area is 135 Å². The van der Waals surface area contributed by atoms with Crippen molar-refractivity contribution in [2.75, 3.05) is 13.1 Å². The minimum atomic E-state index is -2.83. The van der Waals surface area contributed by atoms with Crippen LogP contribution in [0, 0.1) is 5.92 Å². The summed E-state index contributed by atoms with van der Waals surface area (Å²) in [6.45, 7) is 0.716. The molecule has 7 heteroatoms. The molecule has 1 fully saturated rings. The largest absolute Gasteiger partial charge is 0.435 e. The van der Waals surface area contributed by atoms with Crippen LogP contribution in [0.5, 0.6) is 5.75 Å². The fourth-order valence-electron chi connectivity index (χ4n) is 2.43. The average Bonchev–Trinajstić information content (AvgIpc) is 2.48. The van der Waals surface area contributed by atoms with Crippen molar-refractivity contribution in [1.82, 2.24) is 10.6 Å². The number of alkyl halides is 2. The molecule has 0 spiro atoms. The summed E-state index contributed by atoms with van der Waals surface area (Å²) < 4.78 is 28.4. The van der Waals surface area contributed by atoms with E-state index in [1.807, 2.05) is 6.92 Å². The number of hydrogen-bond acceptors (Lipinski definition) is 3. The molecule has 2 unspecified atom stereocenters. The second-order valence-electron chi connectivity index (χ2n) is 5.22. The van der Waals surface area contributed by atoms with E-state index in [4.69, 9.17) is 0 Å². The lowest BCUT2D eigenvalue weighted by Gasteiger charge is -2.24. The van der Waals surface area contributed by atoms with E-state index in [1.165, 1.54) is 12.1 Å². The standard InChI is InChI=1S/C15H20F2N2O2.ClH/c1-10(19-14(20)12-3-2-8-18-9-12)11-4-6-13(7-5-11)21-15(16)17;/h4-7,10,12,15,18H,2-3,8-9H2,1H3,(H,19,20);1H. The highest BCUT2D eigenvalue weighted by Crippen LogP contribution is 2.20. The number of hydrogen-bond donors (Lipinski definition) is 2. The Morgan fingerprint density at radius 3 is 2.59 bits per heavy atom. The lowest BCUT2D eigenvalue weighted by molar-refractivity contribution is -0.126. The molecule has 2 atom stereocenters. The molecule has 124 valence electrons. The van der Waals surface area contributed by atoms with Crippen molar-refractivity contribution in [1.29, 1.82) is 0 Å². The Hall–Kier alpha value is -1.40. The molecular weight excluding hydrogens is 314 g/mol. The molecule has 0 radical (unpaired) electrons. The molecule has 1 aliphatic rings. The predicted molar refractivity (Wildman–Crippen MR) is 82.5 cm³/mol. The van der Waals surface area contributed by atoms with Crippen LogP contribution >= 0.6 is 12.4 Å². The van der Waals surface area contributed by atoms with Gasteiger partial charge in [0.2, 0.25) is 5.91 Å². The summed E-state index contributed by atoms with van der Waals surface area (Å²) in [4.78, 5) is 12.1. The molecule has 0 aromatic heterocycles. The van der Waals surface area contributed by atoms with E-state index in [-0.39, 0.29) is 36.0 Å². The summed E-state index contributed by atoms with van der Waals surface area (Å²) >= 11 is 0. The summed E-state index contributed by atoms with van der Waals surface area (Å²) in [6, 6.07) is 6.15. The van der Waals surface area contributed by atoms with Gasteiger partial charge in [-0.15, -0.1) is 12.4 Å². The molecule has 1 aromatic rings. The molecule has 4 nitrogen and oxygen atoms in total. The van der Waals surface area contributed by atoms with Crippen LogP contribution in [0.2, 0.25) is 0 Å². The molecule has 1 saturated heterocycles. The Morgan fingerprint density at radius 2 is 2.05 bits per heavy atom. The van der Waals surface area contributed by atoms with Gasteiger partial charge in [0.15, 0.2) is 0 Å². The molecular formula is C15H21ClF2N2O2. The van der Waals surface area contributed by atoms with Crippen LogP contribution in [0.4, 0.5) is 8.78 Å². The maximum Gasteiger partial charge on any atom is 0.387 e. The molecule has 1 aliphatic heterocycles. The van der Waals surface area contributed by atoms with Crippen molar-refractivity contribution in [2.24, 2.45) is 5.92 Å². The number of carbonyl (C=O) groups excluding carboxylic acids is 1. The quantitative estimate of drug-likeness (QED) is 0.870. The zero-order valence-corrected chi connectivity index (χ0v) is 13.2. The SMILES string of the molecule is CC(NC(=O)C1CCCNC1)c1ccc(OC(F)F)cc1.Cl. The van der Waals surface area contributed by atoms with Crippen molar-refractivity contribution in [3.05, 3.63) is 29.8 Å². The molecule has 1 heterocycles. The lowest BCUT2D eigenvalue weighted by atomic mass is 9.98. The fourth-order valence-corrected chi connectivity index (χ4v) is 2.43. The molecule has 1 amide bonds. The lowest BCUT2D eigenvalue weighted by Crippen LogP contribution is -2.41. The van der Waals surface area contributed by atoms with E-state index in [1.54, 1.807) is 12.1 Å². The maximum atomic E-state index is 12.1. The van der Waals surface area contributed by atoms with Gasteiger partial charge in [0.05, 0.1) is 12.0 Å². The van der Waals surface area contributed by atoms with Crippen LogP contribution in [0.15, 0.2) is 24.3 Å². The first kappa shape index (κ1) is 18.6. The van der Waals surface area contributed by atoms with Crippen molar-refractivity contribution >= 4 is 18.3 Å². The third-order valence-electron chi connectivity index (χ3n) is 3.63. The third kappa shape index (κ3) is 5.42. The first-order chi connectivity index (χ1) is 10.1. The summed E-state index contributed by atoms with van der Waals surface area (Å²) in [7, 11) is 0. The topological polar surface area (TPSA) is 50.4 Å². The first-order valence-electron chi connectivity index (χ1n) is 7.12. The molecule has 0 bridgehead atoms. The summed E-state index contributed by atoms with van der Waals surface area (Å²) in [5.74, 6) is 0.147. The maximum absolute atomic E-state index is 12.1. The van der Waals surface area contributed by atoms with Gasteiger partial charge in [-0.25, -0.2) is 0 Å². The number of carbonyl (C=O) groups is 1. The molecule has 0 saturated carbocycles. The van der Waals surface area contributed by atoms with Crippen LogP contribution in [0.3, 0.4) is 0 Å². The van der Waals surface area contributed by atoms with Gasteiger partial charge in [0, 0.05) is 6.54 Å². The minimum Gasteiger partial charge on any atom is -0.435 e. The van der Waals surface area contributed by atoms with Gasteiger partial charge in [-0.1, -0.05) is 12.1 Å². The van der Waals surface area contributed by atoms with Gasteiger partial charge in [0.1, 0.15) is 5.75 Å². The van der Waals surface area contributed by atoms with E-state index in [2.05, 4.69) is 15.4 Å². The number of piperidine rings is 1. The van der Waals surface area contributed by atoms with Gasteiger partial charge in [0.25, 0.3) is 0 Å². The number of nitrogens with one attached hydrogen (secondary N) is 2. The van der Waals surface area contributed by atoms with E-state index in [0.29, 0.717) is 6.54 Å². The first-order valence-corrected chi connectivity index (χ1v) is 7.12. The highest BCUT2D eigenvalue weighted by atomic mass is 35.5. The highest BCUT2D eigenvalue weighted by molar-refractivity contribution is 5.85. The van der Waals surface area contributed by atoms with Gasteiger partial charge in [-0.3, -0.25) is 4.79 Å². The number of benzene rings is 1. The highest BCUT2D eigenvalue weighted by Gasteiger charge is 2.22. The molecule has 22 heavy (non-hydrogen) atoms. The zero-order valence-electron chi connectivity index (χ0n) is 12.4. The van der Waals surface area contributed by atoms with Gasteiger partial charge in [-0.05, 0) is 44.0 Å². The Morgan fingerprint density at radius 1 is 1.36 bits per heavy atom. The summed E-state index contributed by atoms with van der Waals surface area (Å²) in [6.07, 6.45) is 1.90. The van der Waals surface area contributed by atoms with E-state index in [9.17, 15) is 13.6 Å². The minimum absolute atomic E-state index is 0. The molecule has 2 rings (SSSR count). The fraction of sp³-hybridized carbons (Fsp3) is 0.533. The van der Waals surface area contributed by atoms with Crippen molar-refractivity contribution in [3.8, 4) is 5.75 Å². The normalized spacial score (nSPS) is 19.2. The average molecular weight is 335 g/mol. The van der Waals surface area contributed by atoms with E-state index in [0.717, 1.165) is 24.9 Å². The Kier molecular flexibility index (Phi) is 7.55. The van der Waals surface area contributed by atoms with Gasteiger partial charge in [-0.2, -0.15) is 8.78 Å². The smallest absolute Gasteiger partial charge is 0.387 e. The third-order valence-corrected chi connectivity index (χ3v) is 3.63. The number of halogens is 3. The van der Waals surface area contributed by atoms with Crippen LogP contribution in [0.1, 0.15) is 31.4 Å². The van der Waals surface area contributed by atoms with Crippen LogP contribution in [0.25, 0.3) is 0 Å². The monoisotopic (exact) mass is 334 g/mol. The van der Waals surface area contributed by atoms with Crippen molar-refractivity contribution < 1.29 is 18.3 Å². The van der Waals surface area contributed by atoms with Crippen LogP contribution < -0.4 is 15.4 Å². The van der Waals surface area contributed by atoms with Crippen LogP contribution in [-0.2, 0) is 4.79 Å². The Bertz CT molecular complexity index is 465. The van der Waals surface area contributed by atoms with Crippen molar-refractivity contribution in [2.45, 2.75) is 32.4 Å². The van der Waals surface area contributed by atoms with Crippen LogP contribution in [-0.4, -0.2) is 25.6 Å². The zero-order chi connectivity index (χ0) is 15.2. The number of rotatable bonds is 5. The molecule has 1 aromatic carbocycles. The van der Waals surface area contributed by atoms with Crippen molar-refractivity contribution in [3.63, 3.8) is 0 Å². The van der Waals surface area contributed by atoms with E-state index < -0.39 is 6.61 Å².